The number of rotatable bonds is 4. The fourth-order valence-corrected chi connectivity index (χ4v) is 3.75. The Balaban J connectivity index is 1.28. The molecule has 0 aromatic heterocycles. The average molecular weight is 369 g/mol. The average Bonchev–Trinajstić information content (AvgIpc) is 2.69. The second-order valence-corrected chi connectivity index (χ2v) is 7.03. The maximum Gasteiger partial charge on any atom is 0.234 e. The molecule has 1 fully saturated rings. The summed E-state index contributed by atoms with van der Waals surface area (Å²) in [6, 6.07) is 14.5. The van der Waals surface area contributed by atoms with Crippen molar-refractivity contribution in [1.82, 2.24) is 10.2 Å². The fraction of sp³-hybridized carbons (Fsp3) is 0.381. The highest BCUT2D eigenvalue weighted by molar-refractivity contribution is 5.78. The molecule has 6 heteroatoms. The topological polar surface area (TPSA) is 44.8 Å². The monoisotopic (exact) mass is 369 g/mol. The second-order valence-electron chi connectivity index (χ2n) is 7.03. The van der Waals surface area contributed by atoms with E-state index in [1.807, 2.05) is 24.3 Å². The number of benzene rings is 2. The number of halogens is 1. The minimum absolute atomic E-state index is 0.0166. The summed E-state index contributed by atoms with van der Waals surface area (Å²) in [5.41, 5.74) is 2.08. The molecule has 2 aromatic rings. The van der Waals surface area contributed by atoms with Gasteiger partial charge in [-0.1, -0.05) is 18.2 Å². The van der Waals surface area contributed by atoms with Crippen molar-refractivity contribution in [2.24, 2.45) is 0 Å². The largest absolute Gasteiger partial charge is 0.493 e. The van der Waals surface area contributed by atoms with Gasteiger partial charge in [-0.05, 0) is 30.3 Å². The smallest absolute Gasteiger partial charge is 0.234 e. The molecule has 0 radical (unpaired) electrons. The molecule has 1 unspecified atom stereocenters. The number of carbonyl (C=O) groups excluding carboxylic acids is 1. The van der Waals surface area contributed by atoms with Crippen molar-refractivity contribution in [3.05, 3.63) is 59.9 Å². The van der Waals surface area contributed by atoms with E-state index in [9.17, 15) is 9.18 Å². The number of nitrogens with zero attached hydrogens (tertiary/aromatic N) is 2. The molecule has 1 atom stereocenters. The van der Waals surface area contributed by atoms with Gasteiger partial charge in [0.05, 0.1) is 19.2 Å². The molecule has 0 bridgehead atoms. The number of hydrogen-bond acceptors (Lipinski definition) is 4. The maximum atomic E-state index is 13.1. The van der Waals surface area contributed by atoms with E-state index >= 15 is 0 Å². The van der Waals surface area contributed by atoms with Crippen LogP contribution >= 0.6 is 0 Å². The number of anilines is 1. The first kappa shape index (κ1) is 17.8. The number of piperazine rings is 1. The molecule has 2 heterocycles. The van der Waals surface area contributed by atoms with Crippen molar-refractivity contribution in [2.45, 2.75) is 12.5 Å². The van der Waals surface area contributed by atoms with E-state index in [2.05, 4.69) is 15.1 Å². The Kier molecular flexibility index (Phi) is 5.25. The lowest BCUT2D eigenvalue weighted by Gasteiger charge is -2.36. The van der Waals surface area contributed by atoms with Gasteiger partial charge >= 0.3 is 0 Å². The predicted octanol–water partition coefficient (Wildman–Crippen LogP) is 2.59. The van der Waals surface area contributed by atoms with Crippen LogP contribution in [-0.2, 0) is 4.79 Å². The summed E-state index contributed by atoms with van der Waals surface area (Å²) in [4.78, 5) is 16.9. The third-order valence-corrected chi connectivity index (χ3v) is 5.23. The first-order valence-corrected chi connectivity index (χ1v) is 9.43. The zero-order chi connectivity index (χ0) is 18.6. The first-order valence-electron chi connectivity index (χ1n) is 9.43. The van der Waals surface area contributed by atoms with Gasteiger partial charge in [0.15, 0.2) is 0 Å². The normalized spacial score (nSPS) is 19.9. The van der Waals surface area contributed by atoms with Gasteiger partial charge in [-0.15, -0.1) is 0 Å². The van der Waals surface area contributed by atoms with Crippen LogP contribution in [0.1, 0.15) is 18.0 Å². The summed E-state index contributed by atoms with van der Waals surface area (Å²) in [6.07, 6.45) is 0.793. The molecule has 1 amide bonds. The van der Waals surface area contributed by atoms with Crippen LogP contribution in [0.25, 0.3) is 0 Å². The van der Waals surface area contributed by atoms with Gasteiger partial charge in [0.2, 0.25) is 5.91 Å². The molecule has 5 nitrogen and oxygen atoms in total. The van der Waals surface area contributed by atoms with Gasteiger partial charge in [0.25, 0.3) is 0 Å². The summed E-state index contributed by atoms with van der Waals surface area (Å²) >= 11 is 0. The van der Waals surface area contributed by atoms with Gasteiger partial charge in [0.1, 0.15) is 11.6 Å². The molecule has 2 aliphatic heterocycles. The number of amides is 1. The molecule has 0 saturated carbocycles. The number of hydrogen-bond donors (Lipinski definition) is 1. The lowest BCUT2D eigenvalue weighted by molar-refractivity contribution is -0.123. The van der Waals surface area contributed by atoms with E-state index in [1.165, 1.54) is 12.1 Å². The minimum atomic E-state index is -0.219. The van der Waals surface area contributed by atoms with Crippen LogP contribution in [0.15, 0.2) is 48.5 Å². The van der Waals surface area contributed by atoms with Crippen LogP contribution in [0.4, 0.5) is 10.1 Å². The molecular weight excluding hydrogens is 345 g/mol. The Morgan fingerprint density at radius 3 is 2.59 bits per heavy atom. The van der Waals surface area contributed by atoms with Crippen LogP contribution in [0.3, 0.4) is 0 Å². The fourth-order valence-electron chi connectivity index (χ4n) is 3.75. The van der Waals surface area contributed by atoms with Crippen molar-refractivity contribution in [2.75, 3.05) is 44.2 Å². The molecule has 0 spiro atoms. The molecule has 2 aromatic carbocycles. The number of para-hydroxylation sites is 1. The van der Waals surface area contributed by atoms with Gasteiger partial charge < -0.3 is 15.0 Å². The highest BCUT2D eigenvalue weighted by Crippen LogP contribution is 2.31. The molecule has 27 heavy (non-hydrogen) atoms. The number of ether oxygens (including phenoxy) is 1. The van der Waals surface area contributed by atoms with Crippen LogP contribution < -0.4 is 15.0 Å². The van der Waals surface area contributed by atoms with Crippen LogP contribution in [0.2, 0.25) is 0 Å². The molecule has 142 valence electrons. The number of nitrogens with one attached hydrogen (secondary N) is 1. The van der Waals surface area contributed by atoms with Gasteiger partial charge in [-0.25, -0.2) is 4.39 Å². The van der Waals surface area contributed by atoms with E-state index in [4.69, 9.17) is 4.74 Å². The molecule has 2 aliphatic rings. The van der Waals surface area contributed by atoms with Crippen molar-refractivity contribution in [3.63, 3.8) is 0 Å². The zero-order valence-electron chi connectivity index (χ0n) is 15.2. The minimum Gasteiger partial charge on any atom is -0.493 e. The van der Waals surface area contributed by atoms with E-state index in [-0.39, 0.29) is 17.8 Å². The summed E-state index contributed by atoms with van der Waals surface area (Å²) in [6.45, 7) is 4.32. The molecule has 1 saturated heterocycles. The third kappa shape index (κ3) is 4.22. The molecule has 4 rings (SSSR count). The van der Waals surface area contributed by atoms with Crippen LogP contribution in [-0.4, -0.2) is 50.1 Å². The first-order chi connectivity index (χ1) is 13.2. The molecular formula is C21H24FN3O2. The Labute approximate surface area is 158 Å². The summed E-state index contributed by atoms with van der Waals surface area (Å²) in [5.74, 6) is 0.692. The molecule has 1 N–H and O–H groups in total. The standard InChI is InChI=1S/C21H24FN3O2/c22-16-5-7-17(8-6-16)25-12-10-24(11-13-25)15-21(26)23-19-9-14-27-20-4-2-1-3-18(19)20/h1-8,19H,9-15H2,(H,23,26). The van der Waals surface area contributed by atoms with Crippen molar-refractivity contribution < 1.29 is 13.9 Å². The van der Waals surface area contributed by atoms with Gasteiger partial charge in [-0.2, -0.15) is 0 Å². The lowest BCUT2D eigenvalue weighted by atomic mass is 10.0. The second kappa shape index (κ2) is 7.96. The number of fused-ring (bicyclic) bond motifs is 1. The van der Waals surface area contributed by atoms with Crippen molar-refractivity contribution in [1.29, 1.82) is 0 Å². The Bertz CT molecular complexity index is 788. The third-order valence-electron chi connectivity index (χ3n) is 5.23. The Morgan fingerprint density at radius 2 is 1.81 bits per heavy atom. The van der Waals surface area contributed by atoms with Gasteiger partial charge in [-0.3, -0.25) is 9.69 Å². The number of carbonyl (C=O) groups is 1. The van der Waals surface area contributed by atoms with Crippen LogP contribution in [0, 0.1) is 5.82 Å². The summed E-state index contributed by atoms with van der Waals surface area (Å²) in [5, 5.41) is 3.16. The van der Waals surface area contributed by atoms with Crippen molar-refractivity contribution in [3.8, 4) is 5.75 Å². The summed E-state index contributed by atoms with van der Waals surface area (Å²) in [7, 11) is 0. The molecule has 0 aliphatic carbocycles. The van der Waals surface area contributed by atoms with Crippen LogP contribution in [0.5, 0.6) is 5.75 Å². The Morgan fingerprint density at radius 1 is 1.07 bits per heavy atom. The van der Waals surface area contributed by atoms with E-state index < -0.39 is 0 Å². The SMILES string of the molecule is O=C(CN1CCN(c2ccc(F)cc2)CC1)NC1CCOc2ccccc21. The maximum absolute atomic E-state index is 13.1. The van der Waals surface area contributed by atoms with Crippen molar-refractivity contribution >= 4 is 11.6 Å². The summed E-state index contributed by atoms with van der Waals surface area (Å²) < 4.78 is 18.7. The lowest BCUT2D eigenvalue weighted by Crippen LogP contribution is -2.50. The Hall–Kier alpha value is -2.60. The highest BCUT2D eigenvalue weighted by Gasteiger charge is 2.24. The van der Waals surface area contributed by atoms with E-state index in [1.54, 1.807) is 12.1 Å². The van der Waals surface area contributed by atoms with Gasteiger partial charge in [0, 0.05) is 43.9 Å². The highest BCUT2D eigenvalue weighted by atomic mass is 19.1. The quantitative estimate of drug-likeness (QED) is 0.900. The van der Waals surface area contributed by atoms with E-state index in [0.29, 0.717) is 13.2 Å². The van der Waals surface area contributed by atoms with E-state index in [0.717, 1.165) is 49.6 Å². The predicted molar refractivity (Wildman–Crippen MR) is 102 cm³/mol. The zero-order valence-corrected chi connectivity index (χ0v) is 15.2.